The Morgan fingerprint density at radius 2 is 1.00 bits per heavy atom. The molecule has 3 N–H and O–H groups in total. The molecule has 2 aromatic carbocycles. The topological polar surface area (TPSA) is 231 Å². The number of rotatable bonds is 12. The first-order valence-corrected chi connectivity index (χ1v) is 27.0. The van der Waals surface area contributed by atoms with Crippen molar-refractivity contribution in [3.8, 4) is 11.5 Å². The molecule has 2 aliphatic rings. The van der Waals surface area contributed by atoms with E-state index in [2.05, 4.69) is 86.5 Å². The fourth-order valence-electron chi connectivity index (χ4n) is 8.48. The van der Waals surface area contributed by atoms with E-state index in [1.807, 2.05) is 84.0 Å². The van der Waals surface area contributed by atoms with Gasteiger partial charge in [0.25, 0.3) is 0 Å². The molecule has 2 fully saturated rings. The summed E-state index contributed by atoms with van der Waals surface area (Å²) in [7, 11) is 4.32. The molecule has 0 atom stereocenters. The van der Waals surface area contributed by atoms with Gasteiger partial charge in [-0.3, -0.25) is 24.2 Å². The summed E-state index contributed by atoms with van der Waals surface area (Å²) >= 11 is 0. The van der Waals surface area contributed by atoms with Crippen LogP contribution in [0, 0.1) is 22.7 Å². The largest absolute Gasteiger partial charge is 1.00 e. The maximum Gasteiger partial charge on any atom is 1.00 e. The number of nitrogens with two attached hydrogens (primary N) is 1. The Balaban J connectivity index is 0.000000574. The number of hydrogen-bond acceptors (Lipinski definition) is 17. The summed E-state index contributed by atoms with van der Waals surface area (Å²) < 4.78 is 26.4. The fraction of sp³-hybridized carbons (Fsp3) is 0.600. The zero-order chi connectivity index (χ0) is 58.9. The van der Waals surface area contributed by atoms with Crippen LogP contribution in [0.3, 0.4) is 0 Å². The molecule has 2 saturated carbocycles. The SMILES string of the molecule is CC(=O)OOC(C)=O.CC(C)(C)C1CCC(Oc2ccc3nc(C=O)ccc3c2)CC1.CC(C)(C)OC(=O)CCN.CC(C)(C)OC(=O)CCNCc1ccc2cc(OC3CCC(C(C)(C)C)CC3)ccc2n1.[B-]OC(C)=O.[Na+]. The molecule has 3 radical (unpaired) electrons. The van der Waals surface area contributed by atoms with E-state index in [-0.39, 0.29) is 47.1 Å². The molecule has 6 rings (SSSR count). The third-order valence-electron chi connectivity index (χ3n) is 12.4. The second-order valence-electron chi connectivity index (χ2n) is 23.7. The summed E-state index contributed by atoms with van der Waals surface area (Å²) in [4.78, 5) is 79.2. The van der Waals surface area contributed by atoms with Crippen LogP contribution < -0.4 is 50.1 Å². The standard InChI is InChI=1S/C27H40N2O3.C20H25NO2.C7H15NO2.C4H6O4.C2H3BO2.Na/c1-26(2,3)20-8-11-22(12-9-20)31-23-13-14-24-19(17-23)7-10-21(29-24)18-28-16-15-25(30)32-27(4,5)6;1-20(2,3)15-5-8-17(9-6-15)23-18-10-11-19-14(12-18)4-7-16(13-22)21-19;1-7(2,3)10-6(9)4-5-8;1-3(5)7-8-4(2)6;1-2(4)5-3;/h7,10,13-14,17,20,22,28H,8-9,11-12,15-16,18H2,1-6H3;4,7,10-13,15,17H,5-6,8-9H2,1-3H3;4-5,8H2,1-3H3;1-2H3;1H3;/q;;;;-1;+1. The third-order valence-corrected chi connectivity index (χ3v) is 12.4. The number of aldehydes is 1. The number of pyridine rings is 2. The van der Waals surface area contributed by atoms with Crippen molar-refractivity contribution in [2.75, 3.05) is 13.1 Å². The van der Waals surface area contributed by atoms with E-state index in [0.29, 0.717) is 61.2 Å². The Morgan fingerprint density at radius 3 is 1.37 bits per heavy atom. The van der Waals surface area contributed by atoms with Crippen LogP contribution in [-0.2, 0) is 54.4 Å². The van der Waals surface area contributed by atoms with Gasteiger partial charge < -0.3 is 42.7 Å². The molecule has 0 aliphatic heterocycles. The van der Waals surface area contributed by atoms with Gasteiger partial charge in [0.1, 0.15) is 28.4 Å². The Morgan fingerprint density at radius 1 is 0.595 bits per heavy atom. The molecule has 19 heteroatoms. The molecule has 2 heterocycles. The summed E-state index contributed by atoms with van der Waals surface area (Å²) in [5.41, 5.74) is 8.32. The molecule has 4 aromatic rings. The van der Waals surface area contributed by atoms with Crippen LogP contribution in [0.4, 0.5) is 0 Å². The van der Waals surface area contributed by atoms with E-state index in [9.17, 15) is 28.8 Å². The molecule has 0 spiro atoms. The number of nitrogens with one attached hydrogen (secondary N) is 1. The van der Waals surface area contributed by atoms with E-state index in [1.54, 1.807) is 6.07 Å². The predicted octanol–water partition coefficient (Wildman–Crippen LogP) is 8.41. The molecule has 0 saturated heterocycles. The zero-order valence-electron chi connectivity index (χ0n) is 50.2. The first-order chi connectivity index (χ1) is 36.3. The van der Waals surface area contributed by atoms with E-state index in [4.69, 9.17) is 29.7 Å². The zero-order valence-corrected chi connectivity index (χ0v) is 52.2. The van der Waals surface area contributed by atoms with Crippen LogP contribution in [0.15, 0.2) is 60.7 Å². The summed E-state index contributed by atoms with van der Waals surface area (Å²) in [5, 5.41) is 5.37. The first kappa shape index (κ1) is 71.9. The summed E-state index contributed by atoms with van der Waals surface area (Å²) in [5.74, 6) is 1.26. The third kappa shape index (κ3) is 31.5. The minimum atomic E-state index is -0.639. The van der Waals surface area contributed by atoms with Crippen LogP contribution in [0.5, 0.6) is 11.5 Å². The smallest absolute Gasteiger partial charge is 0.793 e. The number of benzene rings is 2. The molecule has 0 bridgehead atoms. The van der Waals surface area contributed by atoms with Gasteiger partial charge in [-0.15, -0.1) is 0 Å². The monoisotopic (exact) mass is 1110 g/mol. The van der Waals surface area contributed by atoms with Crippen LogP contribution >= 0.6 is 0 Å². The number of carbonyl (C=O) groups is 6. The van der Waals surface area contributed by atoms with Gasteiger partial charge in [0, 0.05) is 51.2 Å². The minimum absolute atomic E-state index is 0. The fourth-order valence-corrected chi connectivity index (χ4v) is 8.48. The van der Waals surface area contributed by atoms with Gasteiger partial charge in [-0.2, -0.15) is 0 Å². The van der Waals surface area contributed by atoms with Crippen LogP contribution in [-0.4, -0.2) is 90.6 Å². The maximum atomic E-state index is 11.8. The second-order valence-corrected chi connectivity index (χ2v) is 23.7. The van der Waals surface area contributed by atoms with Gasteiger partial charge in [-0.05, 0) is 164 Å². The number of fused-ring (bicyclic) bond motifs is 2. The molecule has 2 aliphatic carbocycles. The van der Waals surface area contributed by atoms with Gasteiger partial charge in [0.2, 0.25) is 5.97 Å². The van der Waals surface area contributed by atoms with Crippen molar-refractivity contribution in [1.82, 2.24) is 15.3 Å². The number of aromatic nitrogens is 2. The molecule has 431 valence electrons. The van der Waals surface area contributed by atoms with Gasteiger partial charge in [-0.1, -0.05) is 53.7 Å². The van der Waals surface area contributed by atoms with E-state index >= 15 is 0 Å². The number of ether oxygens (including phenoxy) is 4. The van der Waals surface area contributed by atoms with Crippen molar-refractivity contribution in [1.29, 1.82) is 0 Å². The van der Waals surface area contributed by atoms with E-state index < -0.39 is 23.5 Å². The molecular formula is C60H89BN4NaO13. The maximum absolute atomic E-state index is 11.8. The minimum Gasteiger partial charge on any atom is -0.793 e. The summed E-state index contributed by atoms with van der Waals surface area (Å²) in [6.45, 7) is 30.3. The van der Waals surface area contributed by atoms with Crippen LogP contribution in [0.2, 0.25) is 0 Å². The predicted molar refractivity (Wildman–Crippen MR) is 303 cm³/mol. The van der Waals surface area contributed by atoms with E-state index in [0.717, 1.165) is 96.7 Å². The molecule has 17 nitrogen and oxygen atoms in total. The Hall–Kier alpha value is -5.14. The number of nitrogens with zero attached hydrogens (tertiary/aromatic N) is 2. The van der Waals surface area contributed by atoms with Gasteiger partial charge in [0.15, 0.2) is 6.29 Å². The van der Waals surface area contributed by atoms with Gasteiger partial charge >= 0.3 is 53.4 Å². The van der Waals surface area contributed by atoms with Crippen molar-refractivity contribution in [2.45, 2.75) is 198 Å². The van der Waals surface area contributed by atoms with Crippen molar-refractivity contribution in [3.63, 3.8) is 0 Å². The molecule has 79 heavy (non-hydrogen) atoms. The summed E-state index contributed by atoms with van der Waals surface area (Å²) in [6, 6.07) is 19.9. The normalized spacial score (nSPS) is 17.0. The molecule has 0 unspecified atom stereocenters. The van der Waals surface area contributed by atoms with Crippen molar-refractivity contribution in [2.24, 2.45) is 28.4 Å². The molecule has 2 aromatic heterocycles. The average molecular weight is 1110 g/mol. The van der Waals surface area contributed by atoms with E-state index in [1.165, 1.54) is 32.6 Å². The van der Waals surface area contributed by atoms with Crippen LogP contribution in [0.1, 0.15) is 184 Å². The van der Waals surface area contributed by atoms with Gasteiger partial charge in [0.05, 0.1) is 41.8 Å². The average Bonchev–Trinajstić information content (AvgIpc) is 3.34. The number of esters is 2. The molecule has 0 amide bonds. The quantitative estimate of drug-likeness (QED) is 0.0339. The number of hydrogen-bond donors (Lipinski definition) is 2. The van der Waals surface area contributed by atoms with Crippen molar-refractivity contribution < 1.29 is 91.7 Å². The number of carbonyl (C=O) groups excluding carboxylic acids is 6. The van der Waals surface area contributed by atoms with Crippen LogP contribution in [0.25, 0.3) is 21.8 Å². The van der Waals surface area contributed by atoms with Crippen molar-refractivity contribution >= 4 is 66.0 Å². The van der Waals surface area contributed by atoms with Gasteiger partial charge in [-0.25, -0.2) is 24.3 Å². The van der Waals surface area contributed by atoms with Crippen molar-refractivity contribution in [3.05, 3.63) is 72.1 Å². The Labute approximate surface area is 493 Å². The summed E-state index contributed by atoms with van der Waals surface area (Å²) in [6.07, 6.45) is 11.5. The molecular weight excluding hydrogens is 1020 g/mol. The second kappa shape index (κ2) is 34.9. The Kier molecular flexibility index (Phi) is 31.7. The first-order valence-electron chi connectivity index (χ1n) is 27.0. The Bertz CT molecular complexity index is 2510.